The largest absolute Gasteiger partial charge is 0.493 e. The number of ketones is 1. The van der Waals surface area contributed by atoms with Crippen molar-refractivity contribution in [1.29, 1.82) is 0 Å². The zero-order chi connectivity index (χ0) is 15.2. The van der Waals surface area contributed by atoms with Crippen molar-refractivity contribution in [2.75, 3.05) is 6.61 Å². The first-order valence-corrected chi connectivity index (χ1v) is 7.59. The van der Waals surface area contributed by atoms with Crippen LogP contribution in [0.2, 0.25) is 0 Å². The van der Waals surface area contributed by atoms with Gasteiger partial charge in [-0.25, -0.2) is 0 Å². The summed E-state index contributed by atoms with van der Waals surface area (Å²) in [5.41, 5.74) is 3.92. The van der Waals surface area contributed by atoms with E-state index in [1.54, 1.807) is 0 Å². The van der Waals surface area contributed by atoms with Crippen LogP contribution in [0, 0.1) is 0 Å². The van der Waals surface area contributed by atoms with E-state index in [4.69, 9.17) is 4.74 Å². The molecule has 0 aliphatic rings. The van der Waals surface area contributed by atoms with Crippen molar-refractivity contribution < 1.29 is 9.53 Å². The summed E-state index contributed by atoms with van der Waals surface area (Å²) in [5.74, 6) is 0.680. The highest BCUT2D eigenvalue weighted by Crippen LogP contribution is 2.23. The Morgan fingerprint density at radius 3 is 2.33 bits per heavy atom. The fourth-order valence-corrected chi connectivity index (χ4v) is 2.53. The Bertz CT molecular complexity index is 629. The summed E-state index contributed by atoms with van der Waals surface area (Å²) in [4.78, 5) is 12.7. The number of hydrogen-bond acceptors (Lipinski definition) is 2. The van der Waals surface area contributed by atoms with Crippen molar-refractivity contribution in [1.82, 2.24) is 0 Å². The molecule has 110 valence electrons. The van der Waals surface area contributed by atoms with Gasteiger partial charge in [0, 0.05) is 5.56 Å². The quantitative estimate of drug-likeness (QED) is 0.732. The van der Waals surface area contributed by atoms with Crippen LogP contribution in [0.15, 0.2) is 42.5 Å². The van der Waals surface area contributed by atoms with E-state index in [1.165, 1.54) is 11.1 Å². The first kappa shape index (κ1) is 15.3. The minimum atomic E-state index is 0.0244. The molecule has 2 heteroatoms. The second-order valence-electron chi connectivity index (χ2n) is 4.95. The van der Waals surface area contributed by atoms with Gasteiger partial charge in [-0.15, -0.1) is 0 Å². The van der Waals surface area contributed by atoms with Gasteiger partial charge < -0.3 is 4.74 Å². The lowest BCUT2D eigenvalue weighted by atomic mass is 9.95. The lowest BCUT2D eigenvalue weighted by molar-refractivity contribution is 0.103. The molecule has 0 spiro atoms. The van der Waals surface area contributed by atoms with Gasteiger partial charge in [0.1, 0.15) is 5.75 Å². The van der Waals surface area contributed by atoms with Crippen LogP contribution in [0.3, 0.4) is 0 Å². The van der Waals surface area contributed by atoms with Gasteiger partial charge in [0.2, 0.25) is 0 Å². The molecular formula is C19H22O2. The molecule has 0 aliphatic carbocycles. The molecule has 2 aromatic rings. The van der Waals surface area contributed by atoms with Gasteiger partial charge in [0.15, 0.2) is 5.78 Å². The third-order valence-corrected chi connectivity index (χ3v) is 3.66. The van der Waals surface area contributed by atoms with E-state index in [0.29, 0.717) is 17.9 Å². The fraction of sp³-hybridized carbons (Fsp3) is 0.316. The number of aryl methyl sites for hydroxylation is 2. The molecule has 0 bridgehead atoms. The van der Waals surface area contributed by atoms with E-state index in [1.807, 2.05) is 43.3 Å². The monoisotopic (exact) mass is 282 g/mol. The van der Waals surface area contributed by atoms with Gasteiger partial charge in [0.25, 0.3) is 0 Å². The van der Waals surface area contributed by atoms with E-state index in [2.05, 4.69) is 19.9 Å². The Morgan fingerprint density at radius 1 is 0.952 bits per heavy atom. The topological polar surface area (TPSA) is 26.3 Å². The third-order valence-electron chi connectivity index (χ3n) is 3.66. The van der Waals surface area contributed by atoms with E-state index >= 15 is 0 Å². The maximum absolute atomic E-state index is 12.7. The molecule has 0 saturated carbocycles. The molecule has 0 aliphatic heterocycles. The summed E-state index contributed by atoms with van der Waals surface area (Å²) in [6.07, 6.45) is 1.94. The highest BCUT2D eigenvalue weighted by Gasteiger charge is 2.15. The molecule has 0 unspecified atom stereocenters. The van der Waals surface area contributed by atoms with Gasteiger partial charge in [0.05, 0.1) is 12.2 Å². The van der Waals surface area contributed by atoms with Crippen LogP contribution >= 0.6 is 0 Å². The van der Waals surface area contributed by atoms with Crippen LogP contribution in [0.25, 0.3) is 0 Å². The maximum Gasteiger partial charge on any atom is 0.196 e. The minimum Gasteiger partial charge on any atom is -0.493 e. The molecule has 2 rings (SSSR count). The highest BCUT2D eigenvalue weighted by atomic mass is 16.5. The Labute approximate surface area is 126 Å². The molecule has 0 N–H and O–H groups in total. The Balaban J connectivity index is 2.40. The third kappa shape index (κ3) is 3.33. The number of hydrogen-bond donors (Lipinski definition) is 0. The van der Waals surface area contributed by atoms with Crippen LogP contribution in [0.1, 0.15) is 47.8 Å². The number of carbonyl (C=O) groups excluding carboxylic acids is 1. The SMILES string of the molecule is CCOc1ccccc1C(=O)c1ccc(CC)c(CC)c1. The van der Waals surface area contributed by atoms with E-state index in [0.717, 1.165) is 18.4 Å². The van der Waals surface area contributed by atoms with Crippen LogP contribution in [0.4, 0.5) is 0 Å². The second kappa shape index (κ2) is 7.07. The van der Waals surface area contributed by atoms with E-state index in [-0.39, 0.29) is 5.78 Å². The van der Waals surface area contributed by atoms with Crippen LogP contribution in [0.5, 0.6) is 5.75 Å². The first-order chi connectivity index (χ1) is 10.2. The Kier molecular flexibility index (Phi) is 5.15. The summed E-state index contributed by atoms with van der Waals surface area (Å²) in [5, 5.41) is 0. The van der Waals surface area contributed by atoms with Crippen molar-refractivity contribution in [3.8, 4) is 5.75 Å². The summed E-state index contributed by atoms with van der Waals surface area (Å²) in [7, 11) is 0. The number of benzene rings is 2. The summed E-state index contributed by atoms with van der Waals surface area (Å²) in [6.45, 7) is 6.74. The van der Waals surface area contributed by atoms with Gasteiger partial charge in [-0.3, -0.25) is 4.79 Å². The predicted molar refractivity (Wildman–Crippen MR) is 86.2 cm³/mol. The molecule has 0 radical (unpaired) electrons. The molecule has 21 heavy (non-hydrogen) atoms. The summed E-state index contributed by atoms with van der Waals surface area (Å²) in [6, 6.07) is 13.4. The van der Waals surface area contributed by atoms with E-state index in [9.17, 15) is 4.79 Å². The van der Waals surface area contributed by atoms with Gasteiger partial charge in [-0.2, -0.15) is 0 Å². The molecule has 0 heterocycles. The lowest BCUT2D eigenvalue weighted by Crippen LogP contribution is -2.06. The molecule has 0 atom stereocenters. The fourth-order valence-electron chi connectivity index (χ4n) is 2.53. The number of para-hydroxylation sites is 1. The zero-order valence-electron chi connectivity index (χ0n) is 13.0. The molecule has 0 amide bonds. The van der Waals surface area contributed by atoms with Crippen LogP contribution in [-0.2, 0) is 12.8 Å². The smallest absolute Gasteiger partial charge is 0.196 e. The molecule has 0 fully saturated rings. The maximum atomic E-state index is 12.7. The van der Waals surface area contributed by atoms with Crippen molar-refractivity contribution in [2.45, 2.75) is 33.6 Å². The molecular weight excluding hydrogens is 260 g/mol. The van der Waals surface area contributed by atoms with Gasteiger partial charge in [-0.05, 0) is 49.1 Å². The predicted octanol–water partition coefficient (Wildman–Crippen LogP) is 4.44. The normalized spacial score (nSPS) is 10.4. The van der Waals surface area contributed by atoms with Crippen molar-refractivity contribution in [3.05, 3.63) is 64.7 Å². The van der Waals surface area contributed by atoms with Crippen molar-refractivity contribution in [2.24, 2.45) is 0 Å². The molecule has 0 aromatic heterocycles. The molecule has 2 nitrogen and oxygen atoms in total. The second-order valence-corrected chi connectivity index (χ2v) is 4.95. The molecule has 2 aromatic carbocycles. The lowest BCUT2D eigenvalue weighted by Gasteiger charge is -2.11. The van der Waals surface area contributed by atoms with Crippen LogP contribution < -0.4 is 4.74 Å². The number of rotatable bonds is 6. The van der Waals surface area contributed by atoms with Crippen LogP contribution in [-0.4, -0.2) is 12.4 Å². The summed E-state index contributed by atoms with van der Waals surface area (Å²) < 4.78 is 5.56. The standard InChI is InChI=1S/C19H22O2/c1-4-14-11-12-16(13-15(14)5-2)19(20)17-9-7-8-10-18(17)21-6-3/h7-13H,4-6H2,1-3H3. The highest BCUT2D eigenvalue weighted by molar-refractivity contribution is 6.10. The Morgan fingerprint density at radius 2 is 1.67 bits per heavy atom. The van der Waals surface area contributed by atoms with Gasteiger partial charge in [-0.1, -0.05) is 38.1 Å². The number of carbonyl (C=O) groups is 1. The minimum absolute atomic E-state index is 0.0244. The van der Waals surface area contributed by atoms with Gasteiger partial charge >= 0.3 is 0 Å². The zero-order valence-corrected chi connectivity index (χ0v) is 13.0. The van der Waals surface area contributed by atoms with E-state index < -0.39 is 0 Å². The average Bonchev–Trinajstić information content (AvgIpc) is 2.54. The average molecular weight is 282 g/mol. The van der Waals surface area contributed by atoms with Crippen molar-refractivity contribution in [3.63, 3.8) is 0 Å². The number of ether oxygens (including phenoxy) is 1. The Hall–Kier alpha value is -2.09. The molecule has 0 saturated heterocycles. The summed E-state index contributed by atoms with van der Waals surface area (Å²) >= 11 is 0. The van der Waals surface area contributed by atoms with Crippen molar-refractivity contribution >= 4 is 5.78 Å². The first-order valence-electron chi connectivity index (χ1n) is 7.59.